The van der Waals surface area contributed by atoms with E-state index in [1.165, 1.54) is 17.8 Å². The third-order valence-electron chi connectivity index (χ3n) is 3.69. The summed E-state index contributed by atoms with van der Waals surface area (Å²) >= 11 is 1.47. The first-order valence-electron chi connectivity index (χ1n) is 6.88. The molecule has 3 N–H and O–H groups in total. The second kappa shape index (κ2) is 5.21. The maximum Gasteiger partial charge on any atom is 0.246 e. The van der Waals surface area contributed by atoms with E-state index in [4.69, 9.17) is 5.73 Å². The number of hydrogen-bond donors (Lipinski definition) is 2. The monoisotopic (exact) mass is 281 g/mol. The fourth-order valence-corrected chi connectivity index (χ4v) is 3.24. The van der Waals surface area contributed by atoms with Gasteiger partial charge in [0.2, 0.25) is 5.91 Å². The molecule has 2 rings (SSSR count). The van der Waals surface area contributed by atoms with Crippen LogP contribution in [0.5, 0.6) is 0 Å². The quantitative estimate of drug-likeness (QED) is 0.875. The molecule has 4 nitrogen and oxygen atoms in total. The number of carbonyl (C=O) groups is 1. The van der Waals surface area contributed by atoms with Gasteiger partial charge in [0, 0.05) is 10.8 Å². The van der Waals surface area contributed by atoms with Gasteiger partial charge in [0.15, 0.2) is 5.13 Å². The summed E-state index contributed by atoms with van der Waals surface area (Å²) in [7, 11) is 0. The van der Waals surface area contributed by atoms with Gasteiger partial charge < -0.3 is 11.1 Å². The highest BCUT2D eigenvalue weighted by Gasteiger charge is 2.35. The van der Waals surface area contributed by atoms with Crippen LogP contribution in [0.25, 0.3) is 0 Å². The molecule has 0 aliphatic heterocycles. The summed E-state index contributed by atoms with van der Waals surface area (Å²) in [5, 5.41) is 5.55. The van der Waals surface area contributed by atoms with Gasteiger partial charge in [-0.25, -0.2) is 4.98 Å². The second-order valence-electron chi connectivity index (χ2n) is 6.46. The highest BCUT2D eigenvalue weighted by Crippen LogP contribution is 2.29. The normalized spacial score (nSPS) is 19.2. The van der Waals surface area contributed by atoms with Crippen LogP contribution in [0.4, 0.5) is 5.13 Å². The van der Waals surface area contributed by atoms with Crippen molar-refractivity contribution in [3.63, 3.8) is 0 Å². The van der Waals surface area contributed by atoms with E-state index in [2.05, 4.69) is 31.1 Å². The summed E-state index contributed by atoms with van der Waals surface area (Å²) in [4.78, 5) is 16.8. The molecule has 0 saturated heterocycles. The van der Waals surface area contributed by atoms with Crippen molar-refractivity contribution in [3.8, 4) is 0 Å². The molecule has 1 aliphatic rings. The van der Waals surface area contributed by atoms with Gasteiger partial charge in [-0.05, 0) is 12.8 Å². The second-order valence-corrected chi connectivity index (χ2v) is 7.32. The summed E-state index contributed by atoms with van der Waals surface area (Å²) in [6.45, 7) is 6.33. The van der Waals surface area contributed by atoms with Crippen LogP contribution in [0.3, 0.4) is 0 Å². The maximum atomic E-state index is 12.3. The molecule has 0 unspecified atom stereocenters. The van der Waals surface area contributed by atoms with Crippen molar-refractivity contribution in [2.75, 3.05) is 5.32 Å². The zero-order chi connectivity index (χ0) is 14.1. The molecule has 1 saturated carbocycles. The first-order valence-corrected chi connectivity index (χ1v) is 7.76. The third-order valence-corrected chi connectivity index (χ3v) is 4.45. The number of rotatable bonds is 2. The number of thiazole rings is 1. The first kappa shape index (κ1) is 14.5. The van der Waals surface area contributed by atoms with E-state index in [0.29, 0.717) is 5.13 Å². The van der Waals surface area contributed by atoms with Crippen LogP contribution in [-0.2, 0) is 10.2 Å². The predicted octanol–water partition coefficient (Wildman–Crippen LogP) is 3.04. The Labute approximate surface area is 118 Å². The van der Waals surface area contributed by atoms with Crippen molar-refractivity contribution >= 4 is 22.4 Å². The lowest BCUT2D eigenvalue weighted by Crippen LogP contribution is -2.52. The van der Waals surface area contributed by atoms with E-state index in [-0.39, 0.29) is 11.3 Å². The van der Waals surface area contributed by atoms with Crippen molar-refractivity contribution < 1.29 is 4.79 Å². The van der Waals surface area contributed by atoms with Crippen LogP contribution < -0.4 is 11.1 Å². The maximum absolute atomic E-state index is 12.3. The molecule has 106 valence electrons. The number of amides is 1. The Morgan fingerprint density at radius 2 is 2.00 bits per heavy atom. The highest BCUT2D eigenvalue weighted by atomic mass is 32.1. The van der Waals surface area contributed by atoms with Crippen LogP contribution >= 0.6 is 11.3 Å². The molecule has 0 spiro atoms. The zero-order valence-electron chi connectivity index (χ0n) is 12.0. The number of anilines is 1. The van der Waals surface area contributed by atoms with E-state index >= 15 is 0 Å². The fourth-order valence-electron chi connectivity index (χ4n) is 2.31. The number of nitrogens with two attached hydrogens (primary N) is 1. The molecular formula is C14H23N3OS. The minimum atomic E-state index is -0.703. The Morgan fingerprint density at radius 3 is 2.53 bits per heavy atom. The summed E-state index contributed by atoms with van der Waals surface area (Å²) < 4.78 is 0. The van der Waals surface area contributed by atoms with Gasteiger partial charge in [-0.3, -0.25) is 4.79 Å². The molecule has 1 aromatic rings. The topological polar surface area (TPSA) is 68.0 Å². The van der Waals surface area contributed by atoms with Crippen molar-refractivity contribution in [1.29, 1.82) is 0 Å². The van der Waals surface area contributed by atoms with Crippen LogP contribution in [0, 0.1) is 0 Å². The Hall–Kier alpha value is -0.940. The van der Waals surface area contributed by atoms with Gasteiger partial charge >= 0.3 is 0 Å². The van der Waals surface area contributed by atoms with Gasteiger partial charge in [-0.1, -0.05) is 40.0 Å². The van der Waals surface area contributed by atoms with Gasteiger partial charge in [0.25, 0.3) is 0 Å². The summed E-state index contributed by atoms with van der Waals surface area (Å²) in [5.74, 6) is -0.0815. The molecule has 1 heterocycles. The standard InChI is InChI=1S/C14H23N3OS/c1-13(2,3)10-9-19-12(16-10)17-11(18)14(15)7-5-4-6-8-14/h9H,4-8,15H2,1-3H3,(H,16,17,18). The molecule has 1 fully saturated rings. The van der Waals surface area contributed by atoms with E-state index in [9.17, 15) is 4.79 Å². The van der Waals surface area contributed by atoms with Crippen molar-refractivity contribution in [2.45, 2.75) is 63.8 Å². The minimum Gasteiger partial charge on any atom is -0.317 e. The predicted molar refractivity (Wildman–Crippen MR) is 79.4 cm³/mol. The van der Waals surface area contributed by atoms with Crippen LogP contribution in [0.15, 0.2) is 5.38 Å². The molecule has 5 heteroatoms. The molecular weight excluding hydrogens is 258 g/mol. The molecule has 0 bridgehead atoms. The number of carbonyl (C=O) groups excluding carboxylic acids is 1. The Kier molecular flexibility index (Phi) is 3.97. The molecule has 19 heavy (non-hydrogen) atoms. The van der Waals surface area contributed by atoms with E-state index in [1.54, 1.807) is 0 Å². The molecule has 0 radical (unpaired) electrons. The fraction of sp³-hybridized carbons (Fsp3) is 0.714. The molecule has 0 aromatic carbocycles. The third kappa shape index (κ3) is 3.34. The van der Waals surface area contributed by atoms with Crippen LogP contribution in [-0.4, -0.2) is 16.4 Å². The Morgan fingerprint density at radius 1 is 1.37 bits per heavy atom. The van der Waals surface area contributed by atoms with E-state index < -0.39 is 5.54 Å². The molecule has 0 atom stereocenters. The van der Waals surface area contributed by atoms with E-state index in [0.717, 1.165) is 31.4 Å². The summed E-state index contributed by atoms with van der Waals surface area (Å²) in [6.07, 6.45) is 4.80. The smallest absolute Gasteiger partial charge is 0.246 e. The summed E-state index contributed by atoms with van der Waals surface area (Å²) in [6, 6.07) is 0. The van der Waals surface area contributed by atoms with Gasteiger partial charge in [-0.2, -0.15) is 0 Å². The largest absolute Gasteiger partial charge is 0.317 e. The lowest BCUT2D eigenvalue weighted by atomic mass is 9.82. The van der Waals surface area contributed by atoms with Crippen LogP contribution in [0.1, 0.15) is 58.6 Å². The Balaban J connectivity index is 2.04. The SMILES string of the molecule is CC(C)(C)c1csc(NC(=O)C2(N)CCCCC2)n1. The first-order chi connectivity index (χ1) is 8.81. The molecule has 1 aliphatic carbocycles. The lowest BCUT2D eigenvalue weighted by molar-refractivity contribution is -0.122. The Bertz CT molecular complexity index is 456. The van der Waals surface area contributed by atoms with Crippen molar-refractivity contribution in [2.24, 2.45) is 5.73 Å². The molecule has 1 aromatic heterocycles. The van der Waals surface area contributed by atoms with Crippen molar-refractivity contribution in [3.05, 3.63) is 11.1 Å². The number of nitrogens with zero attached hydrogens (tertiary/aromatic N) is 1. The van der Waals surface area contributed by atoms with E-state index in [1.807, 2.05) is 5.38 Å². The van der Waals surface area contributed by atoms with Gasteiger partial charge in [0.1, 0.15) is 0 Å². The summed E-state index contributed by atoms with van der Waals surface area (Å²) in [5.41, 5.74) is 6.51. The van der Waals surface area contributed by atoms with Gasteiger partial charge in [0.05, 0.1) is 11.2 Å². The van der Waals surface area contributed by atoms with Crippen LogP contribution in [0.2, 0.25) is 0 Å². The van der Waals surface area contributed by atoms with Crippen molar-refractivity contribution in [1.82, 2.24) is 4.98 Å². The number of aromatic nitrogens is 1. The number of nitrogens with one attached hydrogen (secondary N) is 1. The minimum absolute atomic E-state index is 0.00468. The zero-order valence-corrected chi connectivity index (χ0v) is 12.8. The van der Waals surface area contributed by atoms with Gasteiger partial charge in [-0.15, -0.1) is 11.3 Å². The molecule has 1 amide bonds. The number of hydrogen-bond acceptors (Lipinski definition) is 4. The highest BCUT2D eigenvalue weighted by molar-refractivity contribution is 7.14. The lowest BCUT2D eigenvalue weighted by Gasteiger charge is -2.31. The average Bonchev–Trinajstić information content (AvgIpc) is 2.78. The average molecular weight is 281 g/mol.